The van der Waals surface area contributed by atoms with Crippen LogP contribution in [0.5, 0.6) is 0 Å². The van der Waals surface area contributed by atoms with E-state index in [0.29, 0.717) is 18.1 Å². The summed E-state index contributed by atoms with van der Waals surface area (Å²) in [6, 6.07) is -2.91. The van der Waals surface area contributed by atoms with E-state index in [0.717, 1.165) is 0 Å². The first-order valence-corrected chi connectivity index (χ1v) is 11.3. The lowest BCUT2D eigenvalue weighted by Gasteiger charge is -2.26. The van der Waals surface area contributed by atoms with Crippen LogP contribution in [0.3, 0.4) is 0 Å². The minimum atomic E-state index is -1.15. The molecule has 34 heavy (non-hydrogen) atoms. The van der Waals surface area contributed by atoms with E-state index in [1.54, 1.807) is 31.7 Å². The molecule has 2 aromatic heterocycles. The third kappa shape index (κ3) is 7.15. The third-order valence-corrected chi connectivity index (χ3v) is 5.68. The lowest BCUT2D eigenvalue weighted by Crippen LogP contribution is -2.56. The van der Waals surface area contributed by atoms with Gasteiger partial charge in [-0.25, -0.2) is 14.8 Å². The van der Waals surface area contributed by atoms with Gasteiger partial charge in [0.05, 0.1) is 5.92 Å². The van der Waals surface area contributed by atoms with Gasteiger partial charge in [0.25, 0.3) is 0 Å². The molecule has 0 aliphatic carbocycles. The first kappa shape index (κ1) is 26.6. The van der Waals surface area contributed by atoms with Gasteiger partial charge in [-0.05, 0) is 19.3 Å². The van der Waals surface area contributed by atoms with Crippen LogP contribution in [0.2, 0.25) is 0 Å². The molecule has 0 spiro atoms. The van der Waals surface area contributed by atoms with Crippen LogP contribution in [0, 0.1) is 5.92 Å². The SMILES string of the molecule is CCC(NC(=O)C(C)NC(=O)C(NC(=O)CC(c1ncc[nH]1)c1ncc[nH]1)C(C)CC)C(=O)O. The number of rotatable bonds is 13. The number of carboxylic acid groups (broad SMARTS) is 1. The van der Waals surface area contributed by atoms with Gasteiger partial charge in [-0.2, -0.15) is 0 Å². The number of hydrogen-bond donors (Lipinski definition) is 6. The van der Waals surface area contributed by atoms with Crippen LogP contribution in [0.1, 0.15) is 64.5 Å². The van der Waals surface area contributed by atoms with E-state index >= 15 is 0 Å². The van der Waals surface area contributed by atoms with Crippen LogP contribution in [-0.4, -0.2) is 66.9 Å². The van der Waals surface area contributed by atoms with E-state index in [-0.39, 0.29) is 24.7 Å². The minimum absolute atomic E-state index is 0.00588. The van der Waals surface area contributed by atoms with Crippen LogP contribution in [0.25, 0.3) is 0 Å². The Bertz CT molecular complexity index is 911. The summed E-state index contributed by atoms with van der Waals surface area (Å²) in [5, 5.41) is 16.9. The van der Waals surface area contributed by atoms with Crippen molar-refractivity contribution in [2.75, 3.05) is 0 Å². The second-order valence-electron chi connectivity index (χ2n) is 8.17. The quantitative estimate of drug-likeness (QED) is 0.246. The molecule has 2 heterocycles. The zero-order valence-corrected chi connectivity index (χ0v) is 19.8. The fraction of sp³-hybridized carbons (Fsp3) is 0.545. The van der Waals surface area contributed by atoms with Crippen LogP contribution >= 0.6 is 0 Å². The van der Waals surface area contributed by atoms with E-state index in [4.69, 9.17) is 5.11 Å². The summed E-state index contributed by atoms with van der Waals surface area (Å²) in [5.41, 5.74) is 0. The fourth-order valence-corrected chi connectivity index (χ4v) is 3.38. The number of aromatic nitrogens is 4. The van der Waals surface area contributed by atoms with Crippen LogP contribution in [0.15, 0.2) is 24.8 Å². The fourth-order valence-electron chi connectivity index (χ4n) is 3.38. The Morgan fingerprint density at radius 1 is 0.912 bits per heavy atom. The molecule has 4 atom stereocenters. The molecular formula is C22H33N7O5. The third-order valence-electron chi connectivity index (χ3n) is 5.68. The highest BCUT2D eigenvalue weighted by molar-refractivity contribution is 5.93. The van der Waals surface area contributed by atoms with Gasteiger partial charge in [-0.3, -0.25) is 14.4 Å². The van der Waals surface area contributed by atoms with Gasteiger partial charge in [0, 0.05) is 31.2 Å². The largest absolute Gasteiger partial charge is 0.480 e. The molecule has 4 unspecified atom stereocenters. The van der Waals surface area contributed by atoms with Gasteiger partial charge < -0.3 is 31.0 Å². The minimum Gasteiger partial charge on any atom is -0.480 e. The monoisotopic (exact) mass is 475 g/mol. The van der Waals surface area contributed by atoms with E-state index in [2.05, 4.69) is 35.9 Å². The van der Waals surface area contributed by atoms with Crippen molar-refractivity contribution in [1.82, 2.24) is 35.9 Å². The highest BCUT2D eigenvalue weighted by Crippen LogP contribution is 2.22. The highest BCUT2D eigenvalue weighted by Gasteiger charge is 2.31. The number of nitrogens with one attached hydrogen (secondary N) is 5. The number of carbonyl (C=O) groups is 4. The zero-order valence-electron chi connectivity index (χ0n) is 19.8. The lowest BCUT2D eigenvalue weighted by molar-refractivity contribution is -0.142. The number of carboxylic acids is 1. The standard InChI is InChI=1S/C22H33N7O5/c1-5-12(3)17(21(32)27-13(4)20(31)28-15(6-2)22(33)34)29-16(30)11-14(18-23-7-8-24-18)19-25-9-10-26-19/h7-10,12-15,17H,5-6,11H2,1-4H3,(H,23,24)(H,25,26)(H,27,32)(H,28,31)(H,29,30)(H,33,34). The van der Waals surface area contributed by atoms with E-state index < -0.39 is 41.8 Å². The van der Waals surface area contributed by atoms with Crippen molar-refractivity contribution in [1.29, 1.82) is 0 Å². The maximum absolute atomic E-state index is 13.0. The van der Waals surface area contributed by atoms with Gasteiger partial charge in [0.15, 0.2) is 0 Å². The van der Waals surface area contributed by atoms with Crippen LogP contribution in [-0.2, 0) is 19.2 Å². The Balaban J connectivity index is 2.06. The van der Waals surface area contributed by atoms with E-state index in [9.17, 15) is 19.2 Å². The summed E-state index contributed by atoms with van der Waals surface area (Å²) in [6.45, 7) is 6.81. The summed E-state index contributed by atoms with van der Waals surface area (Å²) in [7, 11) is 0. The molecule has 0 radical (unpaired) electrons. The molecule has 0 aromatic carbocycles. The number of aromatic amines is 2. The van der Waals surface area contributed by atoms with Gasteiger partial charge >= 0.3 is 5.97 Å². The zero-order chi connectivity index (χ0) is 25.3. The first-order valence-electron chi connectivity index (χ1n) is 11.3. The topological polar surface area (TPSA) is 182 Å². The average molecular weight is 476 g/mol. The maximum atomic E-state index is 13.0. The van der Waals surface area contributed by atoms with E-state index in [1.807, 2.05) is 13.8 Å². The molecule has 0 aliphatic heterocycles. The number of hydrogen-bond acceptors (Lipinski definition) is 6. The summed E-state index contributed by atoms with van der Waals surface area (Å²) >= 11 is 0. The van der Waals surface area contributed by atoms with Gasteiger partial charge in [-0.15, -0.1) is 0 Å². The summed E-state index contributed by atoms with van der Waals surface area (Å²) < 4.78 is 0. The number of nitrogens with zero attached hydrogens (tertiary/aromatic N) is 2. The second kappa shape index (κ2) is 12.5. The molecule has 3 amide bonds. The molecule has 0 bridgehead atoms. The van der Waals surface area contributed by atoms with Crippen molar-refractivity contribution in [3.8, 4) is 0 Å². The Labute approximate surface area is 197 Å². The van der Waals surface area contributed by atoms with Crippen molar-refractivity contribution in [2.45, 2.75) is 71.0 Å². The number of H-pyrrole nitrogens is 2. The average Bonchev–Trinajstić information content (AvgIpc) is 3.53. The molecular weight excluding hydrogens is 442 g/mol. The molecule has 0 saturated heterocycles. The van der Waals surface area contributed by atoms with Gasteiger partial charge in [0.2, 0.25) is 17.7 Å². The Kier molecular flexibility index (Phi) is 9.77. The molecule has 12 heteroatoms. The predicted molar refractivity (Wildman–Crippen MR) is 122 cm³/mol. The van der Waals surface area contributed by atoms with Crippen molar-refractivity contribution >= 4 is 23.7 Å². The molecule has 2 rings (SSSR count). The molecule has 12 nitrogen and oxygen atoms in total. The molecule has 0 fully saturated rings. The van der Waals surface area contributed by atoms with Gasteiger partial charge in [0.1, 0.15) is 29.8 Å². The van der Waals surface area contributed by atoms with Crippen molar-refractivity contribution < 1.29 is 24.3 Å². The van der Waals surface area contributed by atoms with E-state index in [1.165, 1.54) is 6.92 Å². The number of amides is 3. The summed E-state index contributed by atoms with van der Waals surface area (Å²) in [4.78, 5) is 63.9. The number of carbonyl (C=O) groups excluding carboxylic acids is 3. The Hall–Kier alpha value is -3.70. The van der Waals surface area contributed by atoms with Crippen molar-refractivity contribution in [3.63, 3.8) is 0 Å². The highest BCUT2D eigenvalue weighted by atomic mass is 16.4. The van der Waals surface area contributed by atoms with Gasteiger partial charge in [-0.1, -0.05) is 27.2 Å². The summed E-state index contributed by atoms with van der Waals surface area (Å²) in [5.74, 6) is -2.24. The van der Waals surface area contributed by atoms with Crippen LogP contribution < -0.4 is 16.0 Å². The molecule has 186 valence electrons. The molecule has 6 N–H and O–H groups in total. The number of imidazole rings is 2. The Morgan fingerprint density at radius 3 is 1.94 bits per heavy atom. The number of aliphatic carboxylic acids is 1. The smallest absolute Gasteiger partial charge is 0.326 e. The van der Waals surface area contributed by atoms with Crippen LogP contribution in [0.4, 0.5) is 0 Å². The molecule has 2 aromatic rings. The van der Waals surface area contributed by atoms with Crippen molar-refractivity contribution in [2.24, 2.45) is 5.92 Å². The normalized spacial score (nSPS) is 14.6. The first-order chi connectivity index (χ1) is 16.2. The second-order valence-corrected chi connectivity index (χ2v) is 8.17. The predicted octanol–water partition coefficient (Wildman–Crippen LogP) is 0.670. The Morgan fingerprint density at radius 2 is 1.50 bits per heavy atom. The summed E-state index contributed by atoms with van der Waals surface area (Å²) in [6.07, 6.45) is 7.28. The molecule has 0 saturated carbocycles. The maximum Gasteiger partial charge on any atom is 0.326 e. The van der Waals surface area contributed by atoms with Crippen molar-refractivity contribution in [3.05, 3.63) is 36.4 Å². The molecule has 0 aliphatic rings. The lowest BCUT2D eigenvalue weighted by atomic mass is 9.96.